The Bertz CT molecular complexity index is 667. The van der Waals surface area contributed by atoms with Crippen molar-refractivity contribution >= 4 is 29.0 Å². The lowest BCUT2D eigenvalue weighted by Gasteiger charge is -2.38. The number of rotatable bonds is 3. The summed E-state index contributed by atoms with van der Waals surface area (Å²) < 4.78 is 115. The van der Waals surface area contributed by atoms with Gasteiger partial charge in [-0.2, -0.15) is 39.5 Å². The third kappa shape index (κ3) is 4.41. The number of urea groups is 1. The number of halogens is 10. The second-order valence-corrected chi connectivity index (χ2v) is 5.19. The molecule has 0 aromatic heterocycles. The summed E-state index contributed by atoms with van der Waals surface area (Å²) in [6.45, 7) is 0. The fourth-order valence-electron chi connectivity index (χ4n) is 1.79. The van der Waals surface area contributed by atoms with Crippen molar-refractivity contribution in [2.24, 2.45) is 0 Å². The minimum absolute atomic E-state index is 0.181. The summed E-state index contributed by atoms with van der Waals surface area (Å²) in [5.74, 6) is 0. The zero-order chi connectivity index (χ0) is 21.4. The first-order valence-corrected chi connectivity index (χ1v) is 6.57. The summed E-state index contributed by atoms with van der Waals surface area (Å²) in [4.78, 5) is 11.5. The van der Waals surface area contributed by atoms with Crippen molar-refractivity contribution in [3.05, 3.63) is 28.4 Å². The van der Waals surface area contributed by atoms with E-state index in [-0.39, 0.29) is 10.3 Å². The maximum Gasteiger partial charge on any atom is 0.429 e. The van der Waals surface area contributed by atoms with Gasteiger partial charge in [0.15, 0.2) is 0 Å². The summed E-state index contributed by atoms with van der Waals surface area (Å²) >= 11 is 5.43. The quantitative estimate of drug-likeness (QED) is 0.480. The minimum Gasteiger partial charge on any atom is -0.733 e. The highest BCUT2D eigenvalue weighted by Gasteiger charge is 2.84. The molecule has 0 heterocycles. The molecule has 0 unspecified atom stereocenters. The molecule has 1 aromatic carbocycles. The van der Waals surface area contributed by atoms with Crippen LogP contribution in [0.25, 0.3) is 0 Å². The molecule has 0 aliphatic carbocycles. The van der Waals surface area contributed by atoms with Crippen molar-refractivity contribution in [2.45, 2.75) is 24.1 Å². The van der Waals surface area contributed by atoms with E-state index in [0.29, 0.717) is 12.1 Å². The predicted octanol–water partition coefficient (Wildman–Crippen LogP) is 4.58. The first kappa shape index (κ1) is 22.9. The second kappa shape index (κ2) is 7.12. The van der Waals surface area contributed by atoms with E-state index in [2.05, 4.69) is 0 Å². The molecule has 0 aliphatic heterocycles. The van der Waals surface area contributed by atoms with Crippen LogP contribution >= 0.6 is 11.6 Å². The van der Waals surface area contributed by atoms with Crippen LogP contribution in [-0.2, 0) is 0 Å². The van der Waals surface area contributed by atoms with Crippen molar-refractivity contribution in [3.8, 4) is 0 Å². The van der Waals surface area contributed by atoms with Crippen LogP contribution in [0.3, 0.4) is 0 Å². The maximum absolute atomic E-state index is 12.7. The van der Waals surface area contributed by atoms with Gasteiger partial charge in [0.05, 0.1) is 11.4 Å². The highest BCUT2D eigenvalue weighted by atomic mass is 35.5. The van der Waals surface area contributed by atoms with E-state index >= 15 is 0 Å². The number of nitrogens with one attached hydrogen (secondary N) is 2. The summed E-state index contributed by atoms with van der Waals surface area (Å²) in [6.07, 6.45) is -21.1. The summed E-state index contributed by atoms with van der Waals surface area (Å²) in [7, 11) is 0. The zero-order valence-corrected chi connectivity index (χ0v) is 13.0. The van der Waals surface area contributed by atoms with E-state index < -0.39 is 46.7 Å². The largest absolute Gasteiger partial charge is 0.733 e. The number of anilines is 2. The van der Waals surface area contributed by atoms with E-state index in [1.165, 1.54) is 5.32 Å². The maximum atomic E-state index is 12.7. The average molecular weight is 435 g/mol. The van der Waals surface area contributed by atoms with Crippen LogP contribution in [0.5, 0.6) is 0 Å². The molecule has 0 fully saturated rings. The molecule has 1 aromatic rings. The van der Waals surface area contributed by atoms with Gasteiger partial charge in [-0.15, -0.1) is 0 Å². The molecule has 0 spiro atoms. The van der Waals surface area contributed by atoms with Crippen molar-refractivity contribution in [2.75, 3.05) is 10.5 Å². The standard InChI is InChI=1S/C11H6ClF9N3O3/c12-4-1-2-5(6(3-4)24(26)27)22-7(25)23-8(9(13,14)15,10(16,17)18)11(19,20)21/h1-3,26H,(H2,22,23,25)/q-1. The number of benzene rings is 1. The van der Waals surface area contributed by atoms with Gasteiger partial charge in [0.2, 0.25) is 0 Å². The summed E-state index contributed by atoms with van der Waals surface area (Å²) in [5, 5.41) is 19.4. The lowest BCUT2D eigenvalue weighted by molar-refractivity contribution is -0.386. The number of nitrogens with zero attached hydrogens (tertiary/aromatic N) is 1. The molecule has 0 saturated carbocycles. The average Bonchev–Trinajstić information content (AvgIpc) is 2.42. The third-order valence-corrected chi connectivity index (χ3v) is 3.23. The molecule has 0 bridgehead atoms. The zero-order valence-electron chi connectivity index (χ0n) is 12.2. The Balaban J connectivity index is 3.35. The van der Waals surface area contributed by atoms with E-state index in [1.807, 2.05) is 0 Å². The van der Waals surface area contributed by atoms with Gasteiger partial charge < -0.3 is 21.1 Å². The SMILES string of the molecule is O=C(Nc1ccc(Cl)cc1N([O-])O)NC(C(F)(F)F)(C(F)(F)F)C(F)(F)F. The number of carbonyl (C=O) groups is 1. The monoisotopic (exact) mass is 434 g/mol. The Morgan fingerprint density at radius 1 is 1.00 bits per heavy atom. The summed E-state index contributed by atoms with van der Waals surface area (Å²) in [5.41, 5.74) is -8.51. The number of hydrogen-bond donors (Lipinski definition) is 3. The van der Waals surface area contributed by atoms with Crippen molar-refractivity contribution in [1.82, 2.24) is 5.32 Å². The Morgan fingerprint density at radius 3 is 1.81 bits per heavy atom. The Morgan fingerprint density at radius 2 is 1.44 bits per heavy atom. The molecule has 0 atom stereocenters. The van der Waals surface area contributed by atoms with Gasteiger partial charge in [-0.1, -0.05) is 11.6 Å². The topological polar surface area (TPSA) is 87.7 Å². The molecule has 16 heteroatoms. The van der Waals surface area contributed by atoms with Gasteiger partial charge in [-0.05, 0) is 18.2 Å². The molecule has 2 amide bonds. The van der Waals surface area contributed by atoms with Crippen LogP contribution in [0.15, 0.2) is 18.2 Å². The van der Waals surface area contributed by atoms with Gasteiger partial charge in [0.1, 0.15) is 0 Å². The molecule has 154 valence electrons. The fraction of sp³-hybridized carbons (Fsp3) is 0.364. The summed E-state index contributed by atoms with van der Waals surface area (Å²) in [6, 6.07) is -0.495. The highest BCUT2D eigenvalue weighted by Crippen LogP contribution is 2.52. The van der Waals surface area contributed by atoms with Gasteiger partial charge in [-0.25, -0.2) is 4.79 Å². The molecule has 0 radical (unpaired) electrons. The van der Waals surface area contributed by atoms with Crippen molar-refractivity contribution in [3.63, 3.8) is 0 Å². The second-order valence-electron chi connectivity index (χ2n) is 4.76. The van der Waals surface area contributed by atoms with Crippen LogP contribution in [-0.4, -0.2) is 35.3 Å². The number of amides is 2. The lowest BCUT2D eigenvalue weighted by atomic mass is 9.97. The normalized spacial score (nSPS) is 13.3. The van der Waals surface area contributed by atoms with Gasteiger partial charge in [0, 0.05) is 5.02 Å². The van der Waals surface area contributed by atoms with Crippen LogP contribution < -0.4 is 15.9 Å². The van der Waals surface area contributed by atoms with Gasteiger partial charge >= 0.3 is 30.1 Å². The fourth-order valence-corrected chi connectivity index (χ4v) is 1.95. The van der Waals surface area contributed by atoms with Gasteiger partial charge in [0.25, 0.3) is 0 Å². The van der Waals surface area contributed by atoms with E-state index in [0.717, 1.165) is 6.07 Å². The van der Waals surface area contributed by atoms with E-state index in [1.54, 1.807) is 0 Å². The van der Waals surface area contributed by atoms with Crippen LogP contribution in [0.2, 0.25) is 5.02 Å². The minimum atomic E-state index is -7.02. The Hall–Kier alpha value is -2.13. The molecule has 3 N–H and O–H groups in total. The van der Waals surface area contributed by atoms with Crippen LogP contribution in [0, 0.1) is 5.21 Å². The number of hydrogen-bond acceptors (Lipinski definition) is 4. The van der Waals surface area contributed by atoms with Crippen LogP contribution in [0.1, 0.15) is 0 Å². The van der Waals surface area contributed by atoms with Crippen LogP contribution in [0.4, 0.5) is 55.7 Å². The van der Waals surface area contributed by atoms with Gasteiger partial charge in [-0.3, -0.25) is 5.21 Å². The predicted molar refractivity (Wildman–Crippen MR) is 72.1 cm³/mol. The number of carbonyl (C=O) groups excluding carboxylic acids is 1. The molecular weight excluding hydrogens is 429 g/mol. The Kier molecular flexibility index (Phi) is 6.04. The molecule has 6 nitrogen and oxygen atoms in total. The molecule has 0 saturated heterocycles. The molecule has 1 rings (SSSR count). The first-order chi connectivity index (χ1) is 11.9. The molecular formula is C11H6ClF9N3O3-. The molecule has 27 heavy (non-hydrogen) atoms. The number of alkyl halides is 9. The highest BCUT2D eigenvalue weighted by molar-refractivity contribution is 6.31. The molecule has 0 aliphatic rings. The Labute approximate surface area is 148 Å². The third-order valence-electron chi connectivity index (χ3n) is 2.99. The van der Waals surface area contributed by atoms with E-state index in [9.17, 15) is 49.5 Å². The van der Waals surface area contributed by atoms with Crippen molar-refractivity contribution in [1.29, 1.82) is 0 Å². The van der Waals surface area contributed by atoms with E-state index in [4.69, 9.17) is 16.8 Å². The van der Waals surface area contributed by atoms with Crippen molar-refractivity contribution < 1.29 is 49.5 Å². The first-order valence-electron chi connectivity index (χ1n) is 6.19. The smallest absolute Gasteiger partial charge is 0.429 e. The lowest BCUT2D eigenvalue weighted by Crippen LogP contribution is -2.75.